The number of hydrogen-bond donors (Lipinski definition) is 1. The second-order valence-corrected chi connectivity index (χ2v) is 5.62. The second-order valence-electron chi connectivity index (χ2n) is 5.62. The Kier molecular flexibility index (Phi) is 3.76. The first-order valence-corrected chi connectivity index (χ1v) is 7.47. The Balaban J connectivity index is 2.12. The molecule has 0 aliphatic carbocycles. The Morgan fingerprint density at radius 1 is 1.05 bits per heavy atom. The highest BCUT2D eigenvalue weighted by atomic mass is 15.1. The fraction of sp³-hybridized carbons (Fsp3) is 0.278. The lowest BCUT2D eigenvalue weighted by molar-refractivity contribution is 0.624. The average molecular weight is 279 g/mol. The molecule has 1 heterocycles. The first-order valence-electron chi connectivity index (χ1n) is 7.47. The van der Waals surface area contributed by atoms with E-state index in [9.17, 15) is 0 Å². The van der Waals surface area contributed by atoms with Crippen molar-refractivity contribution in [1.82, 2.24) is 9.55 Å². The largest absolute Gasteiger partial charge is 0.330 e. The van der Waals surface area contributed by atoms with E-state index < -0.39 is 0 Å². The molecule has 108 valence electrons. The van der Waals surface area contributed by atoms with Crippen LogP contribution < -0.4 is 5.73 Å². The summed E-state index contributed by atoms with van der Waals surface area (Å²) >= 11 is 0. The summed E-state index contributed by atoms with van der Waals surface area (Å²) in [4.78, 5) is 4.82. The predicted molar refractivity (Wildman–Crippen MR) is 88.3 cm³/mol. The zero-order chi connectivity index (χ0) is 14.8. The van der Waals surface area contributed by atoms with Crippen LogP contribution in [0.4, 0.5) is 0 Å². The Morgan fingerprint density at radius 2 is 1.76 bits per heavy atom. The van der Waals surface area contributed by atoms with Gasteiger partial charge in [-0.2, -0.15) is 0 Å². The summed E-state index contributed by atoms with van der Waals surface area (Å²) in [7, 11) is 0. The summed E-state index contributed by atoms with van der Waals surface area (Å²) in [5.74, 6) is 1.03. The number of nitrogens with zero attached hydrogens (tertiary/aromatic N) is 2. The van der Waals surface area contributed by atoms with Gasteiger partial charge in [-0.3, -0.25) is 0 Å². The van der Waals surface area contributed by atoms with Crippen molar-refractivity contribution in [3.63, 3.8) is 0 Å². The summed E-state index contributed by atoms with van der Waals surface area (Å²) in [6.07, 6.45) is 0.918. The molecular weight excluding hydrogens is 258 g/mol. The topological polar surface area (TPSA) is 43.8 Å². The van der Waals surface area contributed by atoms with E-state index in [1.54, 1.807) is 0 Å². The molecule has 2 aromatic carbocycles. The van der Waals surface area contributed by atoms with Crippen molar-refractivity contribution in [1.29, 1.82) is 0 Å². The van der Waals surface area contributed by atoms with Crippen molar-refractivity contribution in [2.45, 2.75) is 26.3 Å². The maximum absolute atomic E-state index is 5.61. The number of benzene rings is 2. The average Bonchev–Trinajstić information content (AvgIpc) is 2.88. The molecule has 0 spiro atoms. The minimum absolute atomic E-state index is 0.371. The monoisotopic (exact) mass is 279 g/mol. The fourth-order valence-corrected chi connectivity index (χ4v) is 2.76. The van der Waals surface area contributed by atoms with Crippen molar-refractivity contribution < 1.29 is 0 Å². The van der Waals surface area contributed by atoms with Crippen LogP contribution in [0.2, 0.25) is 0 Å². The molecule has 0 fully saturated rings. The number of fused-ring (bicyclic) bond motifs is 1. The van der Waals surface area contributed by atoms with Crippen LogP contribution in [-0.2, 0) is 6.42 Å². The summed E-state index contributed by atoms with van der Waals surface area (Å²) in [6.45, 7) is 5.07. The van der Waals surface area contributed by atoms with E-state index >= 15 is 0 Å². The molecular formula is C18H21N3. The number of imidazole rings is 1. The van der Waals surface area contributed by atoms with Gasteiger partial charge in [-0.15, -0.1) is 0 Å². The standard InChI is InChI=1S/C18H21N3/c1-13(2)21-17-6-4-3-5-16(17)20-18(21)15-9-7-14(8-10-15)11-12-19/h3-10,13H,11-12,19H2,1-2H3. The normalized spacial score (nSPS) is 11.4. The maximum atomic E-state index is 5.61. The highest BCUT2D eigenvalue weighted by Crippen LogP contribution is 2.28. The first kappa shape index (κ1) is 13.8. The third-order valence-corrected chi connectivity index (χ3v) is 3.76. The van der Waals surface area contributed by atoms with Gasteiger partial charge in [0.15, 0.2) is 0 Å². The second kappa shape index (κ2) is 5.70. The SMILES string of the molecule is CC(C)n1c(-c2ccc(CCN)cc2)nc2ccccc21. The molecule has 2 N–H and O–H groups in total. The molecule has 0 aliphatic rings. The van der Waals surface area contributed by atoms with Gasteiger partial charge in [0.1, 0.15) is 5.82 Å². The Morgan fingerprint density at radius 3 is 2.43 bits per heavy atom. The summed E-state index contributed by atoms with van der Waals surface area (Å²) in [5, 5.41) is 0. The van der Waals surface area contributed by atoms with Crippen LogP contribution >= 0.6 is 0 Å². The van der Waals surface area contributed by atoms with E-state index in [-0.39, 0.29) is 0 Å². The minimum Gasteiger partial charge on any atom is -0.330 e. The van der Waals surface area contributed by atoms with Crippen LogP contribution in [-0.4, -0.2) is 16.1 Å². The van der Waals surface area contributed by atoms with E-state index in [0.29, 0.717) is 12.6 Å². The van der Waals surface area contributed by atoms with E-state index in [2.05, 4.69) is 60.9 Å². The molecule has 0 radical (unpaired) electrons. The smallest absolute Gasteiger partial charge is 0.141 e. The predicted octanol–water partition coefficient (Wildman–Crippen LogP) is 3.79. The van der Waals surface area contributed by atoms with Crippen molar-refractivity contribution in [2.24, 2.45) is 5.73 Å². The lowest BCUT2D eigenvalue weighted by atomic mass is 10.1. The van der Waals surface area contributed by atoms with Crippen LogP contribution in [0.3, 0.4) is 0 Å². The number of aromatic nitrogens is 2. The zero-order valence-corrected chi connectivity index (χ0v) is 12.6. The molecule has 3 rings (SSSR count). The van der Waals surface area contributed by atoms with Crippen molar-refractivity contribution in [2.75, 3.05) is 6.54 Å². The number of nitrogens with two attached hydrogens (primary N) is 1. The van der Waals surface area contributed by atoms with Gasteiger partial charge in [0, 0.05) is 11.6 Å². The summed E-state index contributed by atoms with van der Waals surface area (Å²) < 4.78 is 2.30. The summed E-state index contributed by atoms with van der Waals surface area (Å²) in [6, 6.07) is 17.3. The van der Waals surface area contributed by atoms with E-state index in [1.165, 1.54) is 11.1 Å². The van der Waals surface area contributed by atoms with Gasteiger partial charge in [0.05, 0.1) is 11.0 Å². The molecule has 0 bridgehead atoms. The molecule has 0 saturated heterocycles. The molecule has 3 nitrogen and oxygen atoms in total. The number of para-hydroxylation sites is 2. The highest BCUT2D eigenvalue weighted by molar-refractivity contribution is 5.80. The van der Waals surface area contributed by atoms with Gasteiger partial charge < -0.3 is 10.3 Å². The number of rotatable bonds is 4. The molecule has 3 aromatic rings. The van der Waals surface area contributed by atoms with Crippen molar-refractivity contribution in [3.8, 4) is 11.4 Å². The number of hydrogen-bond acceptors (Lipinski definition) is 2. The van der Waals surface area contributed by atoms with E-state index in [0.717, 1.165) is 23.3 Å². The fourth-order valence-electron chi connectivity index (χ4n) is 2.76. The first-order chi connectivity index (χ1) is 10.2. The van der Waals surface area contributed by atoms with Gasteiger partial charge in [-0.05, 0) is 44.5 Å². The molecule has 0 unspecified atom stereocenters. The Bertz CT molecular complexity index is 739. The molecule has 0 aliphatic heterocycles. The van der Waals surface area contributed by atoms with Gasteiger partial charge in [-0.25, -0.2) is 4.98 Å². The lowest BCUT2D eigenvalue weighted by Crippen LogP contribution is -2.04. The zero-order valence-electron chi connectivity index (χ0n) is 12.6. The maximum Gasteiger partial charge on any atom is 0.141 e. The Labute approximate surface area is 125 Å². The van der Waals surface area contributed by atoms with Crippen LogP contribution in [0.5, 0.6) is 0 Å². The van der Waals surface area contributed by atoms with E-state index in [4.69, 9.17) is 10.7 Å². The van der Waals surface area contributed by atoms with Crippen LogP contribution in [0, 0.1) is 0 Å². The van der Waals surface area contributed by atoms with Gasteiger partial charge >= 0.3 is 0 Å². The van der Waals surface area contributed by atoms with Crippen LogP contribution in [0.1, 0.15) is 25.5 Å². The lowest BCUT2D eigenvalue weighted by Gasteiger charge is -2.13. The van der Waals surface area contributed by atoms with Crippen LogP contribution in [0.25, 0.3) is 22.4 Å². The van der Waals surface area contributed by atoms with Crippen molar-refractivity contribution >= 4 is 11.0 Å². The minimum atomic E-state index is 0.371. The van der Waals surface area contributed by atoms with Gasteiger partial charge in [-0.1, -0.05) is 36.4 Å². The van der Waals surface area contributed by atoms with Crippen LogP contribution in [0.15, 0.2) is 48.5 Å². The van der Waals surface area contributed by atoms with Gasteiger partial charge in [0.2, 0.25) is 0 Å². The molecule has 1 aromatic heterocycles. The molecule has 3 heteroatoms. The quantitative estimate of drug-likeness (QED) is 0.789. The summed E-state index contributed by atoms with van der Waals surface area (Å²) in [5.41, 5.74) is 10.3. The third kappa shape index (κ3) is 2.57. The molecule has 0 amide bonds. The third-order valence-electron chi connectivity index (χ3n) is 3.76. The molecule has 0 atom stereocenters. The highest BCUT2D eigenvalue weighted by Gasteiger charge is 2.14. The molecule has 0 saturated carbocycles. The molecule has 21 heavy (non-hydrogen) atoms. The van der Waals surface area contributed by atoms with Gasteiger partial charge in [0.25, 0.3) is 0 Å². The Hall–Kier alpha value is -2.13. The van der Waals surface area contributed by atoms with E-state index in [1.807, 2.05) is 6.07 Å². The van der Waals surface area contributed by atoms with Crippen molar-refractivity contribution in [3.05, 3.63) is 54.1 Å².